The highest BCUT2D eigenvalue weighted by molar-refractivity contribution is 7.80. The zero-order chi connectivity index (χ0) is 19.3. The van der Waals surface area contributed by atoms with Gasteiger partial charge < -0.3 is 20.1 Å². The molecule has 2 N–H and O–H groups in total. The Kier molecular flexibility index (Phi) is 5.58. The molecule has 0 radical (unpaired) electrons. The van der Waals surface area contributed by atoms with Crippen LogP contribution in [0.4, 0.5) is 5.69 Å². The number of rotatable bonds is 7. The number of aromatic nitrogens is 2. The van der Waals surface area contributed by atoms with E-state index in [4.69, 9.17) is 12.2 Å². The van der Waals surface area contributed by atoms with Crippen LogP contribution in [0.25, 0.3) is 0 Å². The second kappa shape index (κ2) is 8.44. The molecule has 144 valence electrons. The van der Waals surface area contributed by atoms with E-state index >= 15 is 0 Å². The van der Waals surface area contributed by atoms with Crippen molar-refractivity contribution in [3.05, 3.63) is 84.4 Å². The maximum Gasteiger partial charge on any atom is 0.170 e. The Morgan fingerprint density at radius 1 is 1.07 bits per heavy atom. The number of aryl methyl sites for hydroxylation is 1. The van der Waals surface area contributed by atoms with E-state index < -0.39 is 0 Å². The minimum atomic E-state index is 0.0457. The molecule has 1 saturated heterocycles. The number of hydrogen-bond acceptors (Lipinski definition) is 3. The number of para-hydroxylation sites is 1. The first-order valence-corrected chi connectivity index (χ1v) is 10.0. The van der Waals surface area contributed by atoms with E-state index in [1.54, 1.807) is 0 Å². The Hall–Kier alpha value is -2.86. The van der Waals surface area contributed by atoms with Crippen LogP contribution in [0.1, 0.15) is 29.9 Å². The molecule has 4 rings (SSSR count). The molecule has 0 saturated carbocycles. The number of anilines is 1. The molecule has 0 amide bonds. The van der Waals surface area contributed by atoms with Crippen molar-refractivity contribution in [3.8, 4) is 0 Å². The van der Waals surface area contributed by atoms with E-state index in [0.717, 1.165) is 36.0 Å². The summed E-state index contributed by atoms with van der Waals surface area (Å²) in [5.74, 6) is 0. The van der Waals surface area contributed by atoms with Gasteiger partial charge in [0, 0.05) is 43.9 Å². The van der Waals surface area contributed by atoms with Gasteiger partial charge in [-0.2, -0.15) is 0 Å². The second-order valence-corrected chi connectivity index (χ2v) is 7.40. The molecule has 2 atom stereocenters. The van der Waals surface area contributed by atoms with Crippen LogP contribution in [0.15, 0.2) is 73.1 Å². The van der Waals surface area contributed by atoms with Crippen LogP contribution in [0.5, 0.6) is 0 Å². The molecular weight excluding hydrogens is 366 g/mol. The van der Waals surface area contributed by atoms with E-state index in [2.05, 4.69) is 68.7 Å². The van der Waals surface area contributed by atoms with Gasteiger partial charge >= 0.3 is 0 Å². The minimum absolute atomic E-state index is 0.0457. The normalized spacial score (nSPS) is 18.9. The topological polar surface area (TPSA) is 45.1 Å². The molecule has 0 spiro atoms. The molecule has 1 aliphatic heterocycles. The zero-order valence-electron chi connectivity index (χ0n) is 16.0. The first kappa shape index (κ1) is 18.5. The maximum atomic E-state index is 5.71. The molecular formula is C22H25N5S. The van der Waals surface area contributed by atoms with Crippen LogP contribution in [-0.4, -0.2) is 32.7 Å². The summed E-state index contributed by atoms with van der Waals surface area (Å²) in [4.78, 5) is 6.89. The summed E-state index contributed by atoms with van der Waals surface area (Å²) in [6.07, 6.45) is 4.92. The fourth-order valence-electron chi connectivity index (χ4n) is 3.79. The van der Waals surface area contributed by atoms with Crippen molar-refractivity contribution in [1.82, 2.24) is 19.8 Å². The summed E-state index contributed by atoms with van der Waals surface area (Å²) in [6.45, 7) is 1.78. The lowest BCUT2D eigenvalue weighted by Gasteiger charge is -2.28. The molecule has 0 aliphatic carbocycles. The Labute approximate surface area is 171 Å². The highest BCUT2D eigenvalue weighted by Gasteiger charge is 2.40. The van der Waals surface area contributed by atoms with Crippen LogP contribution in [0.3, 0.4) is 0 Å². The van der Waals surface area contributed by atoms with Crippen molar-refractivity contribution < 1.29 is 0 Å². The van der Waals surface area contributed by atoms with Gasteiger partial charge in [0.25, 0.3) is 0 Å². The molecule has 0 bridgehead atoms. The zero-order valence-corrected chi connectivity index (χ0v) is 16.8. The van der Waals surface area contributed by atoms with Gasteiger partial charge in [-0.15, -0.1) is 0 Å². The summed E-state index contributed by atoms with van der Waals surface area (Å²) in [5, 5.41) is 7.78. The standard InChI is InChI=1S/C22H25N5S/c1-26-15-7-12-19(26)21-20(18-11-5-6-13-24-18)25-22(28)27(21)16-8-14-23-17-9-3-2-4-10-17/h2-7,9-13,15,20-21,23H,8,14,16H2,1H3,(H,25,28)/t20-,21-/m0/s1. The van der Waals surface area contributed by atoms with Crippen LogP contribution >= 0.6 is 12.2 Å². The van der Waals surface area contributed by atoms with Gasteiger partial charge in [0.15, 0.2) is 5.11 Å². The van der Waals surface area contributed by atoms with Gasteiger partial charge in [0.05, 0.1) is 17.8 Å². The highest BCUT2D eigenvalue weighted by Crippen LogP contribution is 2.38. The molecule has 6 heteroatoms. The summed E-state index contributed by atoms with van der Waals surface area (Å²) in [5.41, 5.74) is 3.40. The van der Waals surface area contributed by atoms with Gasteiger partial charge in [-0.05, 0) is 55.0 Å². The number of benzene rings is 1. The Bertz CT molecular complexity index is 909. The quantitative estimate of drug-likeness (QED) is 0.473. The fourth-order valence-corrected chi connectivity index (χ4v) is 4.12. The number of pyridine rings is 1. The first-order chi connectivity index (χ1) is 13.7. The smallest absolute Gasteiger partial charge is 0.170 e. The van der Waals surface area contributed by atoms with E-state index in [1.165, 1.54) is 5.69 Å². The van der Waals surface area contributed by atoms with Gasteiger partial charge in [0.2, 0.25) is 0 Å². The van der Waals surface area contributed by atoms with E-state index in [1.807, 2.05) is 36.5 Å². The van der Waals surface area contributed by atoms with Crippen LogP contribution < -0.4 is 10.6 Å². The monoisotopic (exact) mass is 391 g/mol. The molecule has 1 fully saturated rings. The highest BCUT2D eigenvalue weighted by atomic mass is 32.1. The summed E-state index contributed by atoms with van der Waals surface area (Å²) in [6, 6.07) is 20.8. The fraction of sp³-hybridized carbons (Fsp3) is 0.273. The molecule has 1 aromatic carbocycles. The van der Waals surface area contributed by atoms with E-state index in [0.29, 0.717) is 0 Å². The van der Waals surface area contributed by atoms with Crippen molar-refractivity contribution in [1.29, 1.82) is 0 Å². The molecule has 0 unspecified atom stereocenters. The molecule has 5 nitrogen and oxygen atoms in total. The van der Waals surface area contributed by atoms with Gasteiger partial charge in [-0.25, -0.2) is 0 Å². The average molecular weight is 392 g/mol. The summed E-state index contributed by atoms with van der Waals surface area (Å²) >= 11 is 5.71. The average Bonchev–Trinajstić information content (AvgIpc) is 3.29. The first-order valence-electron chi connectivity index (χ1n) is 9.62. The van der Waals surface area contributed by atoms with Crippen molar-refractivity contribution in [2.45, 2.75) is 18.5 Å². The van der Waals surface area contributed by atoms with Crippen LogP contribution in [0.2, 0.25) is 0 Å². The largest absolute Gasteiger partial charge is 0.385 e. The number of nitrogens with zero attached hydrogens (tertiary/aromatic N) is 3. The third kappa shape index (κ3) is 3.87. The predicted molar refractivity (Wildman–Crippen MR) is 117 cm³/mol. The number of thiocarbonyl (C=S) groups is 1. The Morgan fingerprint density at radius 3 is 2.61 bits per heavy atom. The lowest BCUT2D eigenvalue weighted by Crippen LogP contribution is -2.32. The van der Waals surface area contributed by atoms with Gasteiger partial charge in [0.1, 0.15) is 0 Å². The number of nitrogens with one attached hydrogen (secondary N) is 2. The van der Waals surface area contributed by atoms with Crippen molar-refractivity contribution in [2.75, 3.05) is 18.4 Å². The molecule has 1 aliphatic rings. The molecule has 3 aromatic rings. The summed E-state index contributed by atoms with van der Waals surface area (Å²) in [7, 11) is 2.08. The molecule has 3 heterocycles. The Morgan fingerprint density at radius 2 is 1.89 bits per heavy atom. The van der Waals surface area contributed by atoms with Crippen molar-refractivity contribution >= 4 is 23.0 Å². The molecule has 28 heavy (non-hydrogen) atoms. The lowest BCUT2D eigenvalue weighted by molar-refractivity contribution is 0.305. The minimum Gasteiger partial charge on any atom is -0.385 e. The van der Waals surface area contributed by atoms with E-state index in [-0.39, 0.29) is 12.1 Å². The predicted octanol–water partition coefficient (Wildman–Crippen LogP) is 3.89. The van der Waals surface area contributed by atoms with Crippen molar-refractivity contribution in [3.63, 3.8) is 0 Å². The maximum absolute atomic E-state index is 5.71. The van der Waals surface area contributed by atoms with Gasteiger partial charge in [-0.1, -0.05) is 24.3 Å². The lowest BCUT2D eigenvalue weighted by atomic mass is 10.0. The van der Waals surface area contributed by atoms with Crippen LogP contribution in [-0.2, 0) is 7.05 Å². The SMILES string of the molecule is Cn1cccc1[C@H]1[C@H](c2ccccn2)NC(=S)N1CCCNc1ccccc1. The molecule has 2 aromatic heterocycles. The number of hydrogen-bond donors (Lipinski definition) is 2. The Balaban J connectivity index is 1.50. The third-order valence-corrected chi connectivity index (χ3v) is 5.52. The van der Waals surface area contributed by atoms with Crippen molar-refractivity contribution in [2.24, 2.45) is 7.05 Å². The third-order valence-electron chi connectivity index (χ3n) is 5.16. The second-order valence-electron chi connectivity index (χ2n) is 7.01. The van der Waals surface area contributed by atoms with Crippen LogP contribution in [0, 0.1) is 0 Å². The van der Waals surface area contributed by atoms with Gasteiger partial charge in [-0.3, -0.25) is 4.98 Å². The summed E-state index contributed by atoms with van der Waals surface area (Å²) < 4.78 is 2.17. The van der Waals surface area contributed by atoms with E-state index in [9.17, 15) is 0 Å².